The predicted molar refractivity (Wildman–Crippen MR) is 96.0 cm³/mol. The maximum Gasteiger partial charge on any atom is 0.314 e. The number of urea groups is 1. The third-order valence-corrected chi connectivity index (χ3v) is 4.36. The van der Waals surface area contributed by atoms with Crippen molar-refractivity contribution in [2.45, 2.75) is 32.2 Å². The van der Waals surface area contributed by atoms with Crippen molar-refractivity contribution >= 4 is 29.2 Å². The van der Waals surface area contributed by atoms with E-state index in [4.69, 9.17) is 17.3 Å². The van der Waals surface area contributed by atoms with Crippen LogP contribution >= 0.6 is 11.6 Å². The Morgan fingerprint density at radius 3 is 2.83 bits per heavy atom. The van der Waals surface area contributed by atoms with Crippen molar-refractivity contribution in [2.24, 2.45) is 11.7 Å². The van der Waals surface area contributed by atoms with Gasteiger partial charge in [0, 0.05) is 30.3 Å². The lowest BCUT2D eigenvalue weighted by Crippen LogP contribution is -2.53. The molecule has 3 amide bonds. The second-order valence-corrected chi connectivity index (χ2v) is 7.30. The van der Waals surface area contributed by atoms with Gasteiger partial charge in [0.15, 0.2) is 0 Å². The molecule has 1 saturated heterocycles. The number of nitrogens with one attached hydrogen (secondary N) is 2. The van der Waals surface area contributed by atoms with E-state index in [9.17, 15) is 9.59 Å². The fourth-order valence-electron chi connectivity index (χ4n) is 2.79. The second-order valence-electron chi connectivity index (χ2n) is 6.86. The summed E-state index contributed by atoms with van der Waals surface area (Å²) in [5.41, 5.74) is 5.78. The van der Waals surface area contributed by atoms with Gasteiger partial charge in [-0.1, -0.05) is 17.7 Å². The Balaban J connectivity index is 1.88. The summed E-state index contributed by atoms with van der Waals surface area (Å²) in [6, 6.07) is 6.99. The van der Waals surface area contributed by atoms with Crippen LogP contribution in [-0.4, -0.2) is 42.0 Å². The van der Waals surface area contributed by atoms with Gasteiger partial charge >= 0.3 is 6.03 Å². The molecule has 1 fully saturated rings. The molecule has 0 saturated carbocycles. The number of hydrogen-bond acceptors (Lipinski definition) is 3. The van der Waals surface area contributed by atoms with Gasteiger partial charge in [-0.05, 0) is 44.9 Å². The SMILES string of the molecule is CC(C)(CNc1cccc(Cl)c1)NC(=O)C1CCCN(C(N)=O)C1. The number of rotatable bonds is 5. The molecule has 1 aliphatic rings. The van der Waals surface area contributed by atoms with Gasteiger partial charge in [0.2, 0.25) is 5.91 Å². The number of anilines is 1. The van der Waals surface area contributed by atoms with E-state index in [1.165, 1.54) is 4.90 Å². The Labute approximate surface area is 147 Å². The molecule has 1 atom stereocenters. The van der Waals surface area contributed by atoms with E-state index in [-0.39, 0.29) is 11.8 Å². The molecule has 4 N–H and O–H groups in total. The Kier molecular flexibility index (Phi) is 5.94. The molecular formula is C17H25ClN4O2. The van der Waals surface area contributed by atoms with E-state index >= 15 is 0 Å². The molecule has 0 aromatic heterocycles. The van der Waals surface area contributed by atoms with Crippen molar-refractivity contribution in [3.63, 3.8) is 0 Å². The minimum atomic E-state index is -0.464. The van der Waals surface area contributed by atoms with Crippen molar-refractivity contribution in [2.75, 3.05) is 25.0 Å². The van der Waals surface area contributed by atoms with Crippen LogP contribution in [0.3, 0.4) is 0 Å². The molecule has 1 heterocycles. The molecular weight excluding hydrogens is 328 g/mol. The number of carbonyl (C=O) groups is 2. The normalized spacial score (nSPS) is 18.1. The van der Waals surface area contributed by atoms with E-state index in [0.717, 1.165) is 18.5 Å². The summed E-state index contributed by atoms with van der Waals surface area (Å²) in [5.74, 6) is -0.254. The van der Waals surface area contributed by atoms with E-state index in [1.807, 2.05) is 38.1 Å². The predicted octanol–water partition coefficient (Wildman–Crippen LogP) is 2.44. The van der Waals surface area contributed by atoms with Gasteiger partial charge in [-0.15, -0.1) is 0 Å². The number of likely N-dealkylation sites (tertiary alicyclic amines) is 1. The van der Waals surface area contributed by atoms with E-state index in [1.54, 1.807) is 0 Å². The van der Waals surface area contributed by atoms with Gasteiger partial charge in [0.25, 0.3) is 0 Å². The minimum absolute atomic E-state index is 0.0427. The quantitative estimate of drug-likeness (QED) is 0.760. The smallest absolute Gasteiger partial charge is 0.314 e. The van der Waals surface area contributed by atoms with Crippen molar-refractivity contribution in [3.05, 3.63) is 29.3 Å². The number of amides is 3. The van der Waals surface area contributed by atoms with E-state index in [2.05, 4.69) is 10.6 Å². The summed E-state index contributed by atoms with van der Waals surface area (Å²) in [6.07, 6.45) is 1.57. The summed E-state index contributed by atoms with van der Waals surface area (Å²) in [4.78, 5) is 25.3. The lowest BCUT2D eigenvalue weighted by molar-refractivity contribution is -0.127. The monoisotopic (exact) mass is 352 g/mol. The summed E-state index contributed by atoms with van der Waals surface area (Å²) >= 11 is 5.97. The second kappa shape index (κ2) is 7.75. The molecule has 0 radical (unpaired) electrons. The first kappa shape index (κ1) is 18.4. The highest BCUT2D eigenvalue weighted by Gasteiger charge is 2.30. The fourth-order valence-corrected chi connectivity index (χ4v) is 2.98. The summed E-state index contributed by atoms with van der Waals surface area (Å²) < 4.78 is 0. The molecule has 132 valence electrons. The van der Waals surface area contributed by atoms with Crippen LogP contribution in [0.5, 0.6) is 0 Å². The zero-order valence-electron chi connectivity index (χ0n) is 14.1. The third kappa shape index (κ3) is 5.30. The Morgan fingerprint density at radius 1 is 1.42 bits per heavy atom. The Morgan fingerprint density at radius 2 is 2.17 bits per heavy atom. The van der Waals surface area contributed by atoms with Crippen LogP contribution in [-0.2, 0) is 4.79 Å². The van der Waals surface area contributed by atoms with Crippen LogP contribution in [0.1, 0.15) is 26.7 Å². The van der Waals surface area contributed by atoms with Gasteiger partial charge in [-0.3, -0.25) is 4.79 Å². The maximum atomic E-state index is 12.5. The molecule has 24 heavy (non-hydrogen) atoms. The molecule has 0 aliphatic carbocycles. The number of nitrogens with zero attached hydrogens (tertiary/aromatic N) is 1. The van der Waals surface area contributed by atoms with Crippen LogP contribution < -0.4 is 16.4 Å². The van der Waals surface area contributed by atoms with Gasteiger partial charge in [-0.2, -0.15) is 0 Å². The molecule has 0 bridgehead atoms. The van der Waals surface area contributed by atoms with Crippen LogP contribution in [0.25, 0.3) is 0 Å². The topological polar surface area (TPSA) is 87.5 Å². The van der Waals surface area contributed by atoms with Crippen molar-refractivity contribution in [1.82, 2.24) is 10.2 Å². The summed E-state index contributed by atoms with van der Waals surface area (Å²) in [6.45, 7) is 5.48. The van der Waals surface area contributed by atoms with Crippen LogP contribution in [0.2, 0.25) is 5.02 Å². The zero-order valence-corrected chi connectivity index (χ0v) is 14.9. The first-order chi connectivity index (χ1) is 11.3. The summed E-state index contributed by atoms with van der Waals surface area (Å²) in [5, 5.41) is 7.00. The number of carbonyl (C=O) groups excluding carboxylic acids is 2. The number of benzene rings is 1. The van der Waals surface area contributed by atoms with Crippen LogP contribution in [0.15, 0.2) is 24.3 Å². The van der Waals surface area contributed by atoms with Gasteiger partial charge in [0.1, 0.15) is 0 Å². The minimum Gasteiger partial charge on any atom is -0.383 e. The van der Waals surface area contributed by atoms with Crippen LogP contribution in [0.4, 0.5) is 10.5 Å². The number of piperidine rings is 1. The maximum absolute atomic E-state index is 12.5. The highest BCUT2D eigenvalue weighted by Crippen LogP contribution is 2.19. The average Bonchev–Trinajstić information content (AvgIpc) is 2.53. The molecule has 1 aliphatic heterocycles. The Hall–Kier alpha value is -1.95. The van der Waals surface area contributed by atoms with Gasteiger partial charge < -0.3 is 21.3 Å². The lowest BCUT2D eigenvalue weighted by atomic mass is 9.95. The van der Waals surface area contributed by atoms with Crippen molar-refractivity contribution in [1.29, 1.82) is 0 Å². The molecule has 1 aromatic rings. The highest BCUT2D eigenvalue weighted by atomic mass is 35.5. The molecule has 1 aromatic carbocycles. The van der Waals surface area contributed by atoms with Crippen molar-refractivity contribution in [3.8, 4) is 0 Å². The standard InChI is InChI=1S/C17H25ClN4O2/c1-17(2,11-20-14-7-3-6-13(18)9-14)21-15(23)12-5-4-8-22(10-12)16(19)24/h3,6-7,9,12,20H,4-5,8,10-11H2,1-2H3,(H2,19,24)(H,21,23). The molecule has 7 heteroatoms. The Bertz CT molecular complexity index is 606. The first-order valence-corrected chi connectivity index (χ1v) is 8.50. The van der Waals surface area contributed by atoms with Crippen molar-refractivity contribution < 1.29 is 9.59 Å². The number of halogens is 1. The van der Waals surface area contributed by atoms with E-state index < -0.39 is 11.6 Å². The zero-order chi connectivity index (χ0) is 17.7. The molecule has 1 unspecified atom stereocenters. The summed E-state index contributed by atoms with van der Waals surface area (Å²) in [7, 11) is 0. The van der Waals surface area contributed by atoms with Gasteiger partial charge in [-0.25, -0.2) is 4.79 Å². The molecule has 6 nitrogen and oxygen atoms in total. The lowest BCUT2D eigenvalue weighted by Gasteiger charge is -2.34. The fraction of sp³-hybridized carbons (Fsp3) is 0.529. The largest absolute Gasteiger partial charge is 0.383 e. The molecule has 0 spiro atoms. The first-order valence-electron chi connectivity index (χ1n) is 8.13. The highest BCUT2D eigenvalue weighted by molar-refractivity contribution is 6.30. The number of nitrogens with two attached hydrogens (primary N) is 1. The van der Waals surface area contributed by atoms with Gasteiger partial charge in [0.05, 0.1) is 11.5 Å². The van der Waals surface area contributed by atoms with Crippen LogP contribution in [0, 0.1) is 5.92 Å². The van der Waals surface area contributed by atoms with E-state index in [0.29, 0.717) is 24.7 Å². The molecule has 2 rings (SSSR count). The number of hydrogen-bond donors (Lipinski definition) is 3. The number of primary amides is 1. The third-order valence-electron chi connectivity index (χ3n) is 4.12. The average molecular weight is 353 g/mol.